The molecule has 0 saturated carbocycles. The molecule has 0 aromatic heterocycles. The number of esters is 1. The van der Waals surface area contributed by atoms with Crippen LogP contribution < -0.4 is 14.8 Å². The first-order valence-corrected chi connectivity index (χ1v) is 10.2. The van der Waals surface area contributed by atoms with Crippen LogP contribution in [0, 0.1) is 0 Å². The van der Waals surface area contributed by atoms with Crippen molar-refractivity contribution in [2.24, 2.45) is 0 Å². The Morgan fingerprint density at radius 2 is 1.89 bits per heavy atom. The molecule has 1 atom stereocenters. The number of benzene rings is 2. The molecule has 148 valence electrons. The Balaban J connectivity index is 1.47. The van der Waals surface area contributed by atoms with Crippen molar-refractivity contribution in [3.63, 3.8) is 0 Å². The molecule has 28 heavy (non-hydrogen) atoms. The number of carbonyl (C=O) groups excluding carboxylic acids is 2. The minimum absolute atomic E-state index is 0.187. The number of thioether (sulfide) groups is 1. The number of rotatable bonds is 9. The summed E-state index contributed by atoms with van der Waals surface area (Å²) in [5.41, 5.74) is 2.15. The van der Waals surface area contributed by atoms with E-state index in [1.165, 1.54) is 12.7 Å². The Morgan fingerprint density at radius 3 is 2.68 bits per heavy atom. The van der Waals surface area contributed by atoms with Crippen LogP contribution in [-0.2, 0) is 26.5 Å². The summed E-state index contributed by atoms with van der Waals surface area (Å²) in [6.45, 7) is 0.223. The molecule has 7 heteroatoms. The molecule has 0 fully saturated rings. The summed E-state index contributed by atoms with van der Waals surface area (Å²) in [6.07, 6.45) is 0.823. The van der Waals surface area contributed by atoms with E-state index < -0.39 is 12.0 Å². The third-order valence-electron chi connectivity index (χ3n) is 4.29. The van der Waals surface area contributed by atoms with Crippen LogP contribution in [0.3, 0.4) is 0 Å². The van der Waals surface area contributed by atoms with Gasteiger partial charge in [0, 0.05) is 17.9 Å². The molecule has 1 aliphatic rings. The molecule has 0 bridgehead atoms. The van der Waals surface area contributed by atoms with Crippen molar-refractivity contribution in [2.75, 3.05) is 19.7 Å². The second kappa shape index (κ2) is 10.0. The summed E-state index contributed by atoms with van der Waals surface area (Å²) in [6, 6.07) is 14.9. The quantitative estimate of drug-likeness (QED) is 0.652. The van der Waals surface area contributed by atoms with E-state index in [4.69, 9.17) is 14.2 Å². The standard InChI is InChI=1S/C21H23NO5S/c1-25-21(24)17(13-28-12-16-5-3-2-4-6-16)22-20(23)10-8-15-7-9-18-19(11-15)27-14-26-18/h2-7,9,11,17H,8,10,12-14H2,1H3,(H,22,23)/t17-/m0/s1. The minimum Gasteiger partial charge on any atom is -0.467 e. The van der Waals surface area contributed by atoms with Crippen LogP contribution in [-0.4, -0.2) is 37.6 Å². The van der Waals surface area contributed by atoms with E-state index in [1.54, 1.807) is 11.8 Å². The predicted octanol–water partition coefficient (Wildman–Crippen LogP) is 2.94. The van der Waals surface area contributed by atoms with Crippen LogP contribution in [0.4, 0.5) is 0 Å². The van der Waals surface area contributed by atoms with E-state index in [-0.39, 0.29) is 19.1 Å². The molecule has 0 saturated heterocycles. The number of hydrogen-bond acceptors (Lipinski definition) is 6. The van der Waals surface area contributed by atoms with Crippen molar-refractivity contribution in [1.29, 1.82) is 0 Å². The maximum atomic E-state index is 12.3. The zero-order chi connectivity index (χ0) is 19.8. The number of amides is 1. The van der Waals surface area contributed by atoms with Crippen molar-refractivity contribution in [3.8, 4) is 11.5 Å². The van der Waals surface area contributed by atoms with Gasteiger partial charge >= 0.3 is 5.97 Å². The molecule has 1 N–H and O–H groups in total. The van der Waals surface area contributed by atoms with Gasteiger partial charge in [-0.1, -0.05) is 36.4 Å². The highest BCUT2D eigenvalue weighted by molar-refractivity contribution is 7.98. The Bertz CT molecular complexity index is 812. The molecule has 1 aliphatic heterocycles. The van der Waals surface area contributed by atoms with Gasteiger partial charge in [0.2, 0.25) is 12.7 Å². The van der Waals surface area contributed by atoms with Crippen molar-refractivity contribution >= 4 is 23.6 Å². The summed E-state index contributed by atoms with van der Waals surface area (Å²) < 4.78 is 15.5. The average molecular weight is 401 g/mol. The number of ether oxygens (including phenoxy) is 3. The molecule has 0 aliphatic carbocycles. The van der Waals surface area contributed by atoms with Crippen molar-refractivity contribution < 1.29 is 23.8 Å². The lowest BCUT2D eigenvalue weighted by Gasteiger charge is -2.16. The van der Waals surface area contributed by atoms with Crippen molar-refractivity contribution in [2.45, 2.75) is 24.6 Å². The fraction of sp³-hybridized carbons (Fsp3) is 0.333. The third-order valence-corrected chi connectivity index (χ3v) is 5.40. The van der Waals surface area contributed by atoms with Crippen LogP contribution in [0.25, 0.3) is 0 Å². The van der Waals surface area contributed by atoms with Gasteiger partial charge in [-0.25, -0.2) is 4.79 Å². The fourth-order valence-electron chi connectivity index (χ4n) is 2.80. The second-order valence-corrected chi connectivity index (χ2v) is 7.36. The smallest absolute Gasteiger partial charge is 0.329 e. The van der Waals surface area contributed by atoms with Gasteiger partial charge in [0.05, 0.1) is 7.11 Å². The molecule has 2 aromatic carbocycles. The molecule has 2 aromatic rings. The number of nitrogens with one attached hydrogen (secondary N) is 1. The lowest BCUT2D eigenvalue weighted by atomic mass is 10.1. The van der Waals surface area contributed by atoms with Crippen LogP contribution in [0.1, 0.15) is 17.5 Å². The van der Waals surface area contributed by atoms with Gasteiger partial charge in [-0.3, -0.25) is 4.79 Å². The molecule has 1 heterocycles. The van der Waals surface area contributed by atoms with E-state index in [1.807, 2.05) is 48.5 Å². The monoisotopic (exact) mass is 401 g/mol. The summed E-state index contributed by atoms with van der Waals surface area (Å²) >= 11 is 1.58. The van der Waals surface area contributed by atoms with E-state index in [0.29, 0.717) is 17.9 Å². The Kier molecular flexibility index (Phi) is 7.19. The minimum atomic E-state index is -0.664. The summed E-state index contributed by atoms with van der Waals surface area (Å²) in [5, 5.41) is 2.79. The highest BCUT2D eigenvalue weighted by Crippen LogP contribution is 2.32. The SMILES string of the molecule is COC(=O)[C@H](CSCc1ccccc1)NC(=O)CCc1ccc2c(c1)OCO2. The van der Waals surface area contributed by atoms with Crippen molar-refractivity contribution in [3.05, 3.63) is 59.7 Å². The van der Waals surface area contributed by atoms with Crippen LogP contribution in [0.15, 0.2) is 48.5 Å². The van der Waals surface area contributed by atoms with E-state index >= 15 is 0 Å². The van der Waals surface area contributed by atoms with E-state index in [2.05, 4.69) is 5.32 Å². The molecule has 0 spiro atoms. The maximum Gasteiger partial charge on any atom is 0.329 e. The largest absolute Gasteiger partial charge is 0.467 e. The second-order valence-electron chi connectivity index (χ2n) is 6.33. The first-order valence-electron chi connectivity index (χ1n) is 9.03. The number of carbonyl (C=O) groups is 2. The highest BCUT2D eigenvalue weighted by Gasteiger charge is 2.21. The van der Waals surface area contributed by atoms with Gasteiger partial charge in [-0.2, -0.15) is 11.8 Å². The van der Waals surface area contributed by atoms with Gasteiger partial charge in [-0.15, -0.1) is 0 Å². The Hall–Kier alpha value is -2.67. The van der Waals surface area contributed by atoms with Crippen LogP contribution in [0.5, 0.6) is 11.5 Å². The topological polar surface area (TPSA) is 73.9 Å². The Morgan fingerprint density at radius 1 is 1.11 bits per heavy atom. The summed E-state index contributed by atoms with van der Waals surface area (Å²) in [4.78, 5) is 24.3. The maximum absolute atomic E-state index is 12.3. The van der Waals surface area contributed by atoms with Crippen molar-refractivity contribution in [1.82, 2.24) is 5.32 Å². The normalized spacial score (nSPS) is 13.0. The average Bonchev–Trinajstić information content (AvgIpc) is 3.19. The van der Waals surface area contributed by atoms with Crippen LogP contribution in [0.2, 0.25) is 0 Å². The molecule has 0 radical (unpaired) electrons. The van der Waals surface area contributed by atoms with Gasteiger partial charge in [0.15, 0.2) is 11.5 Å². The molecule has 3 rings (SSSR count). The molecule has 6 nitrogen and oxygen atoms in total. The highest BCUT2D eigenvalue weighted by atomic mass is 32.2. The van der Waals surface area contributed by atoms with Gasteiger partial charge in [0.25, 0.3) is 0 Å². The zero-order valence-electron chi connectivity index (χ0n) is 15.7. The third kappa shape index (κ3) is 5.66. The fourth-order valence-corrected chi connectivity index (χ4v) is 3.80. The Labute approximate surface area is 168 Å². The number of fused-ring (bicyclic) bond motifs is 1. The molecule has 0 unspecified atom stereocenters. The van der Waals surface area contributed by atoms with Gasteiger partial charge < -0.3 is 19.5 Å². The predicted molar refractivity (Wildman–Crippen MR) is 107 cm³/mol. The molecular formula is C21H23NO5S. The summed E-state index contributed by atoms with van der Waals surface area (Å²) in [5.74, 6) is 2.01. The molecule has 1 amide bonds. The zero-order valence-corrected chi connectivity index (χ0v) is 16.5. The van der Waals surface area contributed by atoms with Gasteiger partial charge in [0.1, 0.15) is 6.04 Å². The first-order chi connectivity index (χ1) is 13.7. The molecular weight excluding hydrogens is 378 g/mol. The first kappa shape index (κ1) is 20.1. The van der Waals surface area contributed by atoms with Gasteiger partial charge in [-0.05, 0) is 29.7 Å². The lowest BCUT2D eigenvalue weighted by Crippen LogP contribution is -2.43. The number of hydrogen-bond donors (Lipinski definition) is 1. The van der Waals surface area contributed by atoms with E-state index in [9.17, 15) is 9.59 Å². The van der Waals surface area contributed by atoms with Crippen LogP contribution >= 0.6 is 11.8 Å². The summed E-state index contributed by atoms with van der Waals surface area (Å²) in [7, 11) is 1.33. The number of methoxy groups -OCH3 is 1. The number of aryl methyl sites for hydroxylation is 1. The lowest BCUT2D eigenvalue weighted by molar-refractivity contribution is -0.144. The van der Waals surface area contributed by atoms with E-state index in [0.717, 1.165) is 17.1 Å².